The minimum Gasteiger partial charge on any atom is -0.356 e. The SMILES string of the molecule is CC(CC(=O)NCC1CNC1)c1cccnc1. The molecular formula is C13H19N3O. The number of nitrogens with one attached hydrogen (secondary N) is 2. The average Bonchev–Trinajstić information content (AvgIpc) is 2.28. The molecule has 0 radical (unpaired) electrons. The smallest absolute Gasteiger partial charge is 0.220 e. The molecule has 1 fully saturated rings. The lowest BCUT2D eigenvalue weighted by molar-refractivity contribution is -0.121. The maximum atomic E-state index is 11.7. The fraction of sp³-hybridized carbons (Fsp3) is 0.538. The van der Waals surface area contributed by atoms with E-state index in [9.17, 15) is 4.79 Å². The van der Waals surface area contributed by atoms with Crippen molar-refractivity contribution in [2.75, 3.05) is 19.6 Å². The van der Waals surface area contributed by atoms with Crippen molar-refractivity contribution in [3.8, 4) is 0 Å². The van der Waals surface area contributed by atoms with E-state index in [1.807, 2.05) is 18.3 Å². The van der Waals surface area contributed by atoms with Crippen LogP contribution in [-0.2, 0) is 4.79 Å². The minimum absolute atomic E-state index is 0.133. The van der Waals surface area contributed by atoms with Crippen LogP contribution in [0.1, 0.15) is 24.8 Å². The molecule has 4 heteroatoms. The van der Waals surface area contributed by atoms with Crippen LogP contribution >= 0.6 is 0 Å². The molecule has 0 spiro atoms. The Balaban J connectivity index is 1.74. The van der Waals surface area contributed by atoms with Crippen molar-refractivity contribution in [1.29, 1.82) is 0 Å². The summed E-state index contributed by atoms with van der Waals surface area (Å²) >= 11 is 0. The molecule has 92 valence electrons. The van der Waals surface area contributed by atoms with Gasteiger partial charge in [-0.3, -0.25) is 9.78 Å². The molecule has 1 aliphatic rings. The predicted molar refractivity (Wildman–Crippen MR) is 66.6 cm³/mol. The molecule has 4 nitrogen and oxygen atoms in total. The number of carbonyl (C=O) groups excluding carboxylic acids is 1. The summed E-state index contributed by atoms with van der Waals surface area (Å²) in [5.74, 6) is 0.976. The lowest BCUT2D eigenvalue weighted by atomic mass is 9.99. The molecule has 0 saturated carbocycles. The molecule has 1 unspecified atom stereocenters. The van der Waals surface area contributed by atoms with Crippen molar-refractivity contribution in [2.24, 2.45) is 5.92 Å². The lowest BCUT2D eigenvalue weighted by Crippen LogP contribution is -2.48. The molecule has 1 atom stereocenters. The molecular weight excluding hydrogens is 214 g/mol. The largest absolute Gasteiger partial charge is 0.356 e. The third-order valence-corrected chi connectivity index (χ3v) is 3.20. The van der Waals surface area contributed by atoms with E-state index in [-0.39, 0.29) is 11.8 Å². The van der Waals surface area contributed by atoms with E-state index >= 15 is 0 Å². The molecule has 2 rings (SSSR count). The highest BCUT2D eigenvalue weighted by Crippen LogP contribution is 2.17. The van der Waals surface area contributed by atoms with Gasteiger partial charge in [0, 0.05) is 44.4 Å². The van der Waals surface area contributed by atoms with Gasteiger partial charge in [0.25, 0.3) is 0 Å². The van der Waals surface area contributed by atoms with Crippen molar-refractivity contribution < 1.29 is 4.79 Å². The number of carbonyl (C=O) groups is 1. The first kappa shape index (κ1) is 12.0. The van der Waals surface area contributed by atoms with Crippen LogP contribution in [0.5, 0.6) is 0 Å². The van der Waals surface area contributed by atoms with E-state index in [4.69, 9.17) is 0 Å². The van der Waals surface area contributed by atoms with Gasteiger partial charge >= 0.3 is 0 Å². The zero-order valence-corrected chi connectivity index (χ0v) is 10.1. The van der Waals surface area contributed by atoms with Crippen LogP contribution in [0, 0.1) is 5.92 Å². The van der Waals surface area contributed by atoms with Gasteiger partial charge < -0.3 is 10.6 Å². The number of rotatable bonds is 5. The van der Waals surface area contributed by atoms with Crippen molar-refractivity contribution in [3.05, 3.63) is 30.1 Å². The highest BCUT2D eigenvalue weighted by atomic mass is 16.1. The number of pyridine rings is 1. The lowest BCUT2D eigenvalue weighted by Gasteiger charge is -2.27. The van der Waals surface area contributed by atoms with Crippen molar-refractivity contribution in [2.45, 2.75) is 19.3 Å². The summed E-state index contributed by atoms with van der Waals surface area (Å²) < 4.78 is 0. The van der Waals surface area contributed by atoms with Gasteiger partial charge in [0.15, 0.2) is 0 Å². The van der Waals surface area contributed by atoms with Gasteiger partial charge in [0.1, 0.15) is 0 Å². The minimum atomic E-state index is 0.133. The number of hydrogen-bond acceptors (Lipinski definition) is 3. The molecule has 1 aromatic rings. The molecule has 0 bridgehead atoms. The van der Waals surface area contributed by atoms with Crippen LogP contribution in [0.2, 0.25) is 0 Å². The van der Waals surface area contributed by atoms with Gasteiger partial charge in [0.2, 0.25) is 5.91 Å². The summed E-state index contributed by atoms with van der Waals surface area (Å²) in [6, 6.07) is 3.92. The molecule has 1 saturated heterocycles. The van der Waals surface area contributed by atoms with Crippen LogP contribution in [0.25, 0.3) is 0 Å². The Morgan fingerprint density at radius 3 is 3.06 bits per heavy atom. The second kappa shape index (κ2) is 5.77. The van der Waals surface area contributed by atoms with Gasteiger partial charge in [-0.15, -0.1) is 0 Å². The Morgan fingerprint density at radius 2 is 2.47 bits per heavy atom. The Kier molecular flexibility index (Phi) is 4.09. The topological polar surface area (TPSA) is 54.0 Å². The molecule has 0 aliphatic carbocycles. The Labute approximate surface area is 102 Å². The van der Waals surface area contributed by atoms with Gasteiger partial charge in [-0.2, -0.15) is 0 Å². The molecule has 2 heterocycles. The van der Waals surface area contributed by atoms with Crippen LogP contribution in [-0.4, -0.2) is 30.5 Å². The van der Waals surface area contributed by atoms with E-state index in [1.54, 1.807) is 6.20 Å². The number of nitrogens with zero attached hydrogens (tertiary/aromatic N) is 1. The van der Waals surface area contributed by atoms with Crippen LogP contribution in [0.15, 0.2) is 24.5 Å². The Bertz CT molecular complexity index is 362. The molecule has 0 aromatic carbocycles. The molecule has 2 N–H and O–H groups in total. The average molecular weight is 233 g/mol. The van der Waals surface area contributed by atoms with E-state index in [2.05, 4.69) is 22.5 Å². The maximum absolute atomic E-state index is 11.7. The number of amides is 1. The standard InChI is InChI=1S/C13H19N3O/c1-10(12-3-2-4-14-9-12)5-13(17)16-8-11-6-15-7-11/h2-4,9-11,15H,5-8H2,1H3,(H,16,17). The number of aromatic nitrogens is 1. The van der Waals surface area contributed by atoms with E-state index in [0.29, 0.717) is 12.3 Å². The quantitative estimate of drug-likeness (QED) is 0.795. The van der Waals surface area contributed by atoms with Crippen LogP contribution < -0.4 is 10.6 Å². The second-order valence-electron chi connectivity index (χ2n) is 4.72. The molecule has 1 aromatic heterocycles. The fourth-order valence-corrected chi connectivity index (χ4v) is 1.89. The monoisotopic (exact) mass is 233 g/mol. The predicted octanol–water partition coefficient (Wildman–Crippen LogP) is 0.911. The van der Waals surface area contributed by atoms with Crippen LogP contribution in [0.3, 0.4) is 0 Å². The first-order valence-corrected chi connectivity index (χ1v) is 6.13. The maximum Gasteiger partial charge on any atom is 0.220 e. The second-order valence-corrected chi connectivity index (χ2v) is 4.72. The zero-order valence-electron chi connectivity index (χ0n) is 10.1. The highest BCUT2D eigenvalue weighted by molar-refractivity contribution is 5.76. The summed E-state index contributed by atoms with van der Waals surface area (Å²) in [5.41, 5.74) is 1.12. The summed E-state index contributed by atoms with van der Waals surface area (Å²) in [6.45, 7) is 4.91. The molecule has 17 heavy (non-hydrogen) atoms. The molecule has 1 amide bonds. The first-order chi connectivity index (χ1) is 8.25. The van der Waals surface area contributed by atoms with Crippen molar-refractivity contribution >= 4 is 5.91 Å². The first-order valence-electron chi connectivity index (χ1n) is 6.13. The van der Waals surface area contributed by atoms with Gasteiger partial charge in [0.05, 0.1) is 0 Å². The van der Waals surface area contributed by atoms with E-state index < -0.39 is 0 Å². The zero-order chi connectivity index (χ0) is 12.1. The van der Waals surface area contributed by atoms with Gasteiger partial charge in [-0.05, 0) is 17.5 Å². The van der Waals surface area contributed by atoms with E-state index in [1.165, 1.54) is 0 Å². The Morgan fingerprint density at radius 1 is 1.65 bits per heavy atom. The number of hydrogen-bond donors (Lipinski definition) is 2. The van der Waals surface area contributed by atoms with Crippen molar-refractivity contribution in [3.63, 3.8) is 0 Å². The summed E-state index contributed by atoms with van der Waals surface area (Å²) in [6.07, 6.45) is 4.11. The summed E-state index contributed by atoms with van der Waals surface area (Å²) in [4.78, 5) is 15.8. The highest BCUT2D eigenvalue weighted by Gasteiger charge is 2.18. The van der Waals surface area contributed by atoms with Crippen LogP contribution in [0.4, 0.5) is 0 Å². The van der Waals surface area contributed by atoms with Gasteiger partial charge in [-0.25, -0.2) is 0 Å². The third kappa shape index (κ3) is 3.53. The molecule has 1 aliphatic heterocycles. The normalized spacial score (nSPS) is 17.2. The Hall–Kier alpha value is -1.42. The van der Waals surface area contributed by atoms with Gasteiger partial charge in [-0.1, -0.05) is 13.0 Å². The van der Waals surface area contributed by atoms with E-state index in [0.717, 1.165) is 25.2 Å². The third-order valence-electron chi connectivity index (χ3n) is 3.20. The summed E-state index contributed by atoms with van der Waals surface area (Å²) in [7, 11) is 0. The van der Waals surface area contributed by atoms with Crippen molar-refractivity contribution in [1.82, 2.24) is 15.6 Å². The summed E-state index contributed by atoms with van der Waals surface area (Å²) in [5, 5.41) is 6.18. The fourth-order valence-electron chi connectivity index (χ4n) is 1.89.